The molecule has 1 rings (SSSR count). The van der Waals surface area contributed by atoms with Gasteiger partial charge in [-0.15, -0.1) is 0 Å². The summed E-state index contributed by atoms with van der Waals surface area (Å²) in [6.45, 7) is 11.3. The van der Waals surface area contributed by atoms with Crippen LogP contribution < -0.4 is 10.1 Å². The molecule has 0 aromatic carbocycles. The number of pyridine rings is 1. The summed E-state index contributed by atoms with van der Waals surface area (Å²) in [5.74, 6) is 0.699. The van der Waals surface area contributed by atoms with Gasteiger partial charge >= 0.3 is 0 Å². The van der Waals surface area contributed by atoms with Crippen molar-refractivity contribution in [3.05, 3.63) is 23.4 Å². The summed E-state index contributed by atoms with van der Waals surface area (Å²) < 4.78 is 11.1. The minimum atomic E-state index is 0.238. The summed E-state index contributed by atoms with van der Waals surface area (Å²) >= 11 is 0. The quantitative estimate of drug-likeness (QED) is 0.669. The Balaban J connectivity index is 2.53. The lowest BCUT2D eigenvalue weighted by molar-refractivity contribution is 0.0542. The second-order valence-electron chi connectivity index (χ2n) is 5.10. The SMILES string of the molecule is CCCNCc1cc(CC)nc(OCCOC(C)C)c1. The van der Waals surface area contributed by atoms with Crippen LogP contribution in [0.4, 0.5) is 0 Å². The van der Waals surface area contributed by atoms with Gasteiger partial charge in [0.1, 0.15) is 6.61 Å². The van der Waals surface area contributed by atoms with Crippen LogP contribution >= 0.6 is 0 Å². The summed E-state index contributed by atoms with van der Waals surface area (Å²) in [4.78, 5) is 4.49. The molecule has 1 aromatic rings. The Morgan fingerprint density at radius 2 is 2.00 bits per heavy atom. The smallest absolute Gasteiger partial charge is 0.213 e. The fraction of sp³-hybridized carbons (Fsp3) is 0.688. The van der Waals surface area contributed by atoms with Gasteiger partial charge < -0.3 is 14.8 Å². The molecular formula is C16H28N2O2. The molecule has 4 nitrogen and oxygen atoms in total. The van der Waals surface area contributed by atoms with Gasteiger partial charge in [-0.2, -0.15) is 0 Å². The molecular weight excluding hydrogens is 252 g/mol. The van der Waals surface area contributed by atoms with Crippen LogP contribution in [0, 0.1) is 0 Å². The molecule has 0 aliphatic carbocycles. The lowest BCUT2D eigenvalue weighted by Crippen LogP contribution is -2.15. The zero-order valence-electron chi connectivity index (χ0n) is 13.2. The molecule has 1 heterocycles. The summed E-state index contributed by atoms with van der Waals surface area (Å²) in [5.41, 5.74) is 2.30. The average molecular weight is 280 g/mol. The van der Waals surface area contributed by atoms with Crippen molar-refractivity contribution in [3.63, 3.8) is 0 Å². The van der Waals surface area contributed by atoms with E-state index in [0.29, 0.717) is 19.1 Å². The van der Waals surface area contributed by atoms with E-state index < -0.39 is 0 Å². The lowest BCUT2D eigenvalue weighted by Gasteiger charge is -2.11. The van der Waals surface area contributed by atoms with Crippen LogP contribution in [0.1, 0.15) is 45.4 Å². The molecule has 0 aliphatic rings. The van der Waals surface area contributed by atoms with Crippen LogP contribution in [0.15, 0.2) is 12.1 Å². The number of nitrogens with zero attached hydrogens (tertiary/aromatic N) is 1. The standard InChI is InChI=1S/C16H28N2O2/c1-5-7-17-12-14-10-15(6-2)18-16(11-14)20-9-8-19-13(3)4/h10-11,13,17H,5-9,12H2,1-4H3. The largest absolute Gasteiger partial charge is 0.475 e. The molecule has 114 valence electrons. The van der Waals surface area contributed by atoms with Gasteiger partial charge in [0.25, 0.3) is 0 Å². The molecule has 20 heavy (non-hydrogen) atoms. The van der Waals surface area contributed by atoms with Gasteiger partial charge in [-0.25, -0.2) is 4.98 Å². The van der Waals surface area contributed by atoms with Crippen LogP contribution in [0.25, 0.3) is 0 Å². The first kappa shape index (κ1) is 16.9. The zero-order valence-corrected chi connectivity index (χ0v) is 13.2. The van der Waals surface area contributed by atoms with Gasteiger partial charge in [-0.3, -0.25) is 0 Å². The third kappa shape index (κ3) is 6.87. The van der Waals surface area contributed by atoms with E-state index in [-0.39, 0.29) is 6.10 Å². The Bertz CT molecular complexity index is 381. The molecule has 0 amide bonds. The first-order valence-electron chi connectivity index (χ1n) is 7.60. The van der Waals surface area contributed by atoms with E-state index in [4.69, 9.17) is 9.47 Å². The molecule has 4 heteroatoms. The van der Waals surface area contributed by atoms with Crippen molar-refractivity contribution in [3.8, 4) is 5.88 Å². The second kappa shape index (κ2) is 9.72. The number of nitrogens with one attached hydrogen (secondary N) is 1. The Hall–Kier alpha value is -1.13. The van der Waals surface area contributed by atoms with Gasteiger partial charge in [-0.1, -0.05) is 13.8 Å². The predicted octanol–water partition coefficient (Wildman–Crippen LogP) is 2.95. The van der Waals surface area contributed by atoms with Crippen molar-refractivity contribution in [1.29, 1.82) is 0 Å². The summed E-state index contributed by atoms with van der Waals surface area (Å²) in [6.07, 6.45) is 2.30. The van der Waals surface area contributed by atoms with Gasteiger partial charge in [0, 0.05) is 18.3 Å². The maximum absolute atomic E-state index is 5.68. The topological polar surface area (TPSA) is 43.4 Å². The normalized spacial score (nSPS) is 11.1. The zero-order chi connectivity index (χ0) is 14.8. The molecule has 0 bridgehead atoms. The van der Waals surface area contributed by atoms with Crippen LogP contribution in [-0.2, 0) is 17.7 Å². The number of ether oxygens (including phenoxy) is 2. The highest BCUT2D eigenvalue weighted by atomic mass is 16.5. The van der Waals surface area contributed by atoms with Crippen molar-refractivity contribution in [1.82, 2.24) is 10.3 Å². The van der Waals surface area contributed by atoms with Crippen molar-refractivity contribution in [2.75, 3.05) is 19.8 Å². The Morgan fingerprint density at radius 3 is 2.65 bits per heavy atom. The first-order valence-corrected chi connectivity index (χ1v) is 7.60. The number of aromatic nitrogens is 1. The van der Waals surface area contributed by atoms with Crippen molar-refractivity contribution in [2.45, 2.75) is 53.2 Å². The highest BCUT2D eigenvalue weighted by Gasteiger charge is 2.03. The second-order valence-corrected chi connectivity index (χ2v) is 5.10. The van der Waals surface area contributed by atoms with E-state index in [1.54, 1.807) is 0 Å². The van der Waals surface area contributed by atoms with Crippen LogP contribution in [0.5, 0.6) is 5.88 Å². The third-order valence-corrected chi connectivity index (χ3v) is 2.82. The Kier molecular flexibility index (Phi) is 8.23. The van der Waals surface area contributed by atoms with E-state index in [1.807, 2.05) is 19.9 Å². The number of hydrogen-bond acceptors (Lipinski definition) is 4. The Morgan fingerprint density at radius 1 is 1.20 bits per heavy atom. The maximum atomic E-state index is 5.68. The lowest BCUT2D eigenvalue weighted by atomic mass is 10.2. The molecule has 0 radical (unpaired) electrons. The van der Waals surface area contributed by atoms with E-state index >= 15 is 0 Å². The highest BCUT2D eigenvalue weighted by Crippen LogP contribution is 2.13. The van der Waals surface area contributed by atoms with Gasteiger partial charge in [0.15, 0.2) is 0 Å². The maximum Gasteiger partial charge on any atom is 0.213 e. The fourth-order valence-electron chi connectivity index (χ4n) is 1.82. The van der Waals surface area contributed by atoms with Crippen LogP contribution in [0.3, 0.4) is 0 Å². The third-order valence-electron chi connectivity index (χ3n) is 2.82. The monoisotopic (exact) mass is 280 g/mol. The predicted molar refractivity (Wildman–Crippen MR) is 82.2 cm³/mol. The average Bonchev–Trinajstić information content (AvgIpc) is 2.43. The molecule has 0 fully saturated rings. The minimum absolute atomic E-state index is 0.238. The molecule has 0 saturated heterocycles. The number of rotatable bonds is 10. The van der Waals surface area contributed by atoms with Crippen molar-refractivity contribution in [2.24, 2.45) is 0 Å². The molecule has 0 unspecified atom stereocenters. The van der Waals surface area contributed by atoms with E-state index in [0.717, 1.165) is 31.6 Å². The molecule has 1 aromatic heterocycles. The first-order chi connectivity index (χ1) is 9.65. The van der Waals surface area contributed by atoms with E-state index in [9.17, 15) is 0 Å². The van der Waals surface area contributed by atoms with Crippen molar-refractivity contribution < 1.29 is 9.47 Å². The van der Waals surface area contributed by atoms with Gasteiger partial charge in [0.05, 0.1) is 12.7 Å². The highest BCUT2D eigenvalue weighted by molar-refractivity contribution is 5.25. The molecule has 0 saturated carbocycles. The van der Waals surface area contributed by atoms with Gasteiger partial charge in [-0.05, 0) is 44.9 Å². The molecule has 0 spiro atoms. The van der Waals surface area contributed by atoms with E-state index in [2.05, 4.69) is 30.2 Å². The number of aryl methyl sites for hydroxylation is 1. The fourth-order valence-corrected chi connectivity index (χ4v) is 1.82. The number of hydrogen-bond donors (Lipinski definition) is 1. The minimum Gasteiger partial charge on any atom is -0.475 e. The van der Waals surface area contributed by atoms with Crippen molar-refractivity contribution >= 4 is 0 Å². The molecule has 0 atom stereocenters. The van der Waals surface area contributed by atoms with Gasteiger partial charge in [0.2, 0.25) is 5.88 Å². The molecule has 0 aliphatic heterocycles. The molecule has 1 N–H and O–H groups in total. The Labute approximate surface area is 122 Å². The summed E-state index contributed by atoms with van der Waals surface area (Å²) in [6, 6.07) is 4.15. The summed E-state index contributed by atoms with van der Waals surface area (Å²) in [7, 11) is 0. The van der Waals surface area contributed by atoms with Crippen LogP contribution in [-0.4, -0.2) is 30.8 Å². The van der Waals surface area contributed by atoms with E-state index in [1.165, 1.54) is 5.56 Å². The summed E-state index contributed by atoms with van der Waals surface area (Å²) in [5, 5.41) is 3.40. The van der Waals surface area contributed by atoms with Crippen LogP contribution in [0.2, 0.25) is 0 Å².